The fraction of sp³-hybridized carbons (Fsp3) is 0.474. The second-order valence-electron chi connectivity index (χ2n) is 6.60. The maximum atomic E-state index is 12.3. The molecule has 0 spiro atoms. The van der Waals surface area contributed by atoms with Crippen LogP contribution >= 0.6 is 11.3 Å². The molecule has 1 aromatic carbocycles. The molecule has 136 valence electrons. The van der Waals surface area contributed by atoms with Gasteiger partial charge in [-0.2, -0.15) is 0 Å². The largest absolute Gasteiger partial charge is 0.494 e. The van der Waals surface area contributed by atoms with Gasteiger partial charge in [-0.1, -0.05) is 13.8 Å². The van der Waals surface area contributed by atoms with Gasteiger partial charge in [0.15, 0.2) is 0 Å². The highest BCUT2D eigenvalue weighted by molar-refractivity contribution is 7.13. The molecule has 1 amide bonds. The Morgan fingerprint density at radius 1 is 1.36 bits per heavy atom. The number of thiazole rings is 1. The fourth-order valence-corrected chi connectivity index (χ4v) is 3.17. The van der Waals surface area contributed by atoms with Crippen LogP contribution in [0.15, 0.2) is 29.6 Å². The second-order valence-corrected chi connectivity index (χ2v) is 7.46. The quantitative estimate of drug-likeness (QED) is 0.757. The molecule has 0 aliphatic carbocycles. The number of rotatable bonds is 8. The van der Waals surface area contributed by atoms with Crippen LogP contribution in [-0.4, -0.2) is 29.6 Å². The second kappa shape index (κ2) is 8.45. The molecule has 0 aliphatic heterocycles. The first-order chi connectivity index (χ1) is 11.9. The minimum Gasteiger partial charge on any atom is -0.494 e. The Hall–Kier alpha value is -1.92. The first-order valence-electron chi connectivity index (χ1n) is 8.56. The van der Waals surface area contributed by atoms with Gasteiger partial charge in [0.1, 0.15) is 10.8 Å². The van der Waals surface area contributed by atoms with Crippen LogP contribution in [0.3, 0.4) is 0 Å². The Morgan fingerprint density at radius 3 is 2.60 bits per heavy atom. The van der Waals surface area contributed by atoms with Crippen molar-refractivity contribution in [3.8, 4) is 16.3 Å². The van der Waals surface area contributed by atoms with Gasteiger partial charge < -0.3 is 15.8 Å². The first-order valence-corrected chi connectivity index (χ1v) is 9.44. The third-order valence-electron chi connectivity index (χ3n) is 4.43. The van der Waals surface area contributed by atoms with E-state index in [2.05, 4.69) is 24.1 Å². The molecule has 6 heteroatoms. The Labute approximate surface area is 153 Å². The number of nitrogens with zero attached hydrogens (tertiary/aromatic N) is 1. The molecule has 2 aromatic rings. The SMILES string of the molecule is CCOc1ccc(-c2nc(CC(=O)NC(C)(CN)C(C)C)cs2)cc1. The molecule has 0 bridgehead atoms. The molecule has 25 heavy (non-hydrogen) atoms. The minimum atomic E-state index is -0.398. The maximum Gasteiger partial charge on any atom is 0.226 e. The van der Waals surface area contributed by atoms with E-state index in [1.54, 1.807) is 0 Å². The zero-order valence-electron chi connectivity index (χ0n) is 15.3. The van der Waals surface area contributed by atoms with Crippen molar-refractivity contribution >= 4 is 17.2 Å². The number of amides is 1. The molecule has 1 unspecified atom stereocenters. The lowest BCUT2D eigenvalue weighted by Crippen LogP contribution is -2.55. The van der Waals surface area contributed by atoms with Crippen molar-refractivity contribution in [2.75, 3.05) is 13.2 Å². The van der Waals surface area contributed by atoms with E-state index in [-0.39, 0.29) is 18.2 Å². The molecule has 0 aliphatic rings. The first kappa shape index (κ1) is 19.4. The maximum absolute atomic E-state index is 12.3. The van der Waals surface area contributed by atoms with Gasteiger partial charge in [0.05, 0.1) is 24.3 Å². The summed E-state index contributed by atoms with van der Waals surface area (Å²) in [6, 6.07) is 7.83. The summed E-state index contributed by atoms with van der Waals surface area (Å²) in [5.41, 5.74) is 7.22. The van der Waals surface area contributed by atoms with Gasteiger partial charge in [-0.3, -0.25) is 4.79 Å². The number of nitrogens with two attached hydrogens (primary N) is 1. The van der Waals surface area contributed by atoms with E-state index >= 15 is 0 Å². The van der Waals surface area contributed by atoms with Crippen LogP contribution in [0.1, 0.15) is 33.4 Å². The third-order valence-corrected chi connectivity index (χ3v) is 5.37. The minimum absolute atomic E-state index is 0.0507. The van der Waals surface area contributed by atoms with E-state index in [0.29, 0.717) is 13.2 Å². The lowest BCUT2D eigenvalue weighted by Gasteiger charge is -2.33. The molecule has 0 saturated heterocycles. The monoisotopic (exact) mass is 361 g/mol. The lowest BCUT2D eigenvalue weighted by atomic mass is 9.88. The molecule has 1 atom stereocenters. The molecule has 3 N–H and O–H groups in total. The summed E-state index contributed by atoms with van der Waals surface area (Å²) in [6.45, 7) is 9.10. The Kier molecular flexibility index (Phi) is 6.56. The van der Waals surface area contributed by atoms with E-state index in [9.17, 15) is 4.79 Å². The normalized spacial score (nSPS) is 13.5. The van der Waals surface area contributed by atoms with Gasteiger partial charge in [0, 0.05) is 17.5 Å². The van der Waals surface area contributed by atoms with E-state index in [1.165, 1.54) is 11.3 Å². The highest BCUT2D eigenvalue weighted by Crippen LogP contribution is 2.26. The highest BCUT2D eigenvalue weighted by atomic mass is 32.1. The number of hydrogen-bond donors (Lipinski definition) is 2. The van der Waals surface area contributed by atoms with E-state index in [4.69, 9.17) is 10.5 Å². The summed E-state index contributed by atoms with van der Waals surface area (Å²) in [5.74, 6) is 1.05. The number of carbonyl (C=O) groups excluding carboxylic acids is 1. The van der Waals surface area contributed by atoms with Gasteiger partial charge in [-0.15, -0.1) is 11.3 Å². The third kappa shape index (κ3) is 5.03. The molecule has 0 saturated carbocycles. The molecule has 0 fully saturated rings. The van der Waals surface area contributed by atoms with Gasteiger partial charge in [-0.05, 0) is 44.0 Å². The van der Waals surface area contributed by atoms with Crippen molar-refractivity contribution in [3.05, 3.63) is 35.3 Å². The summed E-state index contributed by atoms with van der Waals surface area (Å²) in [6.07, 6.45) is 0.260. The molecule has 5 nitrogen and oxygen atoms in total. The summed E-state index contributed by atoms with van der Waals surface area (Å²) >= 11 is 1.54. The summed E-state index contributed by atoms with van der Waals surface area (Å²) in [7, 11) is 0. The number of hydrogen-bond acceptors (Lipinski definition) is 5. The zero-order chi connectivity index (χ0) is 18.4. The Bertz CT molecular complexity index is 697. The smallest absolute Gasteiger partial charge is 0.226 e. The van der Waals surface area contributed by atoms with Crippen LogP contribution in [0.25, 0.3) is 10.6 Å². The molecule has 1 heterocycles. The van der Waals surface area contributed by atoms with Crippen LogP contribution in [0.5, 0.6) is 5.75 Å². The number of carbonyl (C=O) groups is 1. The van der Waals surface area contributed by atoms with Gasteiger partial charge in [-0.25, -0.2) is 4.98 Å². The van der Waals surface area contributed by atoms with Crippen LogP contribution in [-0.2, 0) is 11.2 Å². The van der Waals surface area contributed by atoms with E-state index in [1.807, 2.05) is 43.5 Å². The van der Waals surface area contributed by atoms with Gasteiger partial charge in [0.2, 0.25) is 5.91 Å². The standard InChI is InChI=1S/C19H27N3O2S/c1-5-24-16-8-6-14(7-9-16)18-21-15(11-25-18)10-17(23)22-19(4,12-20)13(2)3/h6-9,11,13H,5,10,12,20H2,1-4H3,(H,22,23). The van der Waals surface area contributed by atoms with Crippen LogP contribution in [0.4, 0.5) is 0 Å². The van der Waals surface area contributed by atoms with Crippen molar-refractivity contribution in [1.82, 2.24) is 10.3 Å². The topological polar surface area (TPSA) is 77.2 Å². The predicted octanol–water partition coefficient (Wildman–Crippen LogP) is 3.24. The molecule has 2 rings (SSSR count). The Morgan fingerprint density at radius 2 is 2.04 bits per heavy atom. The van der Waals surface area contributed by atoms with Gasteiger partial charge >= 0.3 is 0 Å². The van der Waals surface area contributed by atoms with Crippen molar-refractivity contribution in [3.63, 3.8) is 0 Å². The lowest BCUT2D eigenvalue weighted by molar-refractivity contribution is -0.122. The fourth-order valence-electron chi connectivity index (χ4n) is 2.34. The van der Waals surface area contributed by atoms with Crippen molar-refractivity contribution < 1.29 is 9.53 Å². The summed E-state index contributed by atoms with van der Waals surface area (Å²) in [5, 5.41) is 5.88. The molecular formula is C19H27N3O2S. The van der Waals surface area contributed by atoms with Crippen molar-refractivity contribution in [2.45, 2.75) is 39.7 Å². The molecule has 0 radical (unpaired) electrons. The zero-order valence-corrected chi connectivity index (χ0v) is 16.2. The molecule has 1 aromatic heterocycles. The van der Waals surface area contributed by atoms with Crippen LogP contribution < -0.4 is 15.8 Å². The summed E-state index contributed by atoms with van der Waals surface area (Å²) in [4.78, 5) is 16.9. The van der Waals surface area contributed by atoms with E-state index < -0.39 is 5.54 Å². The highest BCUT2D eigenvalue weighted by Gasteiger charge is 2.28. The van der Waals surface area contributed by atoms with E-state index in [0.717, 1.165) is 22.0 Å². The average Bonchev–Trinajstić information content (AvgIpc) is 3.03. The summed E-state index contributed by atoms with van der Waals surface area (Å²) < 4.78 is 5.45. The number of benzene rings is 1. The van der Waals surface area contributed by atoms with Crippen molar-refractivity contribution in [2.24, 2.45) is 11.7 Å². The number of nitrogens with one attached hydrogen (secondary N) is 1. The predicted molar refractivity (Wildman–Crippen MR) is 103 cm³/mol. The molecular weight excluding hydrogens is 334 g/mol. The van der Waals surface area contributed by atoms with Crippen molar-refractivity contribution in [1.29, 1.82) is 0 Å². The number of aromatic nitrogens is 1. The Balaban J connectivity index is 2.02. The average molecular weight is 362 g/mol. The van der Waals surface area contributed by atoms with Crippen LogP contribution in [0, 0.1) is 5.92 Å². The van der Waals surface area contributed by atoms with Gasteiger partial charge in [0.25, 0.3) is 0 Å². The number of ether oxygens (including phenoxy) is 1. The van der Waals surface area contributed by atoms with Crippen LogP contribution in [0.2, 0.25) is 0 Å².